The van der Waals surface area contributed by atoms with E-state index in [1.54, 1.807) is 0 Å². The Kier molecular flexibility index (Phi) is 21.1. The van der Waals surface area contributed by atoms with Crippen LogP contribution in [0.1, 0.15) is 79.1 Å². The number of hydrogen-bond donors (Lipinski definition) is 0. The fraction of sp³-hybridized carbons (Fsp3) is 1.00. The van der Waals surface area contributed by atoms with Crippen LogP contribution in [0, 0.1) is 0 Å². The molecule has 0 aromatic heterocycles. The van der Waals surface area contributed by atoms with Gasteiger partial charge >= 0.3 is 0 Å². The first-order valence-electron chi connectivity index (χ1n) is 8.09. The molecule has 0 aliphatic carbocycles. The molecule has 0 amide bonds. The van der Waals surface area contributed by atoms with E-state index in [1.165, 1.54) is 82.0 Å². The first-order chi connectivity index (χ1) is 8.24. The van der Waals surface area contributed by atoms with E-state index in [9.17, 15) is 0 Å². The normalized spacial score (nSPS) is 10.7. The van der Waals surface area contributed by atoms with Crippen LogP contribution in [-0.2, 0) is 0 Å². The van der Waals surface area contributed by atoms with Crippen molar-refractivity contribution in [2.24, 2.45) is 0 Å². The van der Waals surface area contributed by atoms with E-state index in [2.05, 4.69) is 27.7 Å². The lowest BCUT2D eigenvalue weighted by Gasteiger charge is -2.39. The van der Waals surface area contributed by atoms with Crippen LogP contribution in [0.2, 0.25) is 0 Å². The van der Waals surface area contributed by atoms with Gasteiger partial charge in [-0.25, -0.2) is 0 Å². The van der Waals surface area contributed by atoms with E-state index >= 15 is 0 Å². The minimum Gasteiger partial charge on any atom is -1.00 e. The highest BCUT2D eigenvalue weighted by atomic mass is 79.9. The molecule has 0 aromatic carbocycles. The second-order valence-electron chi connectivity index (χ2n) is 5.65. The standard InChI is InChI=1S/C16H36N.BrH.H2O/c1-5-9-13-17(14-10-6-2,15-11-7-3)16-12-8-4;;/h5-16H2,1-4H3;1H;1H2/q+1;;/p-1. The van der Waals surface area contributed by atoms with Crippen molar-refractivity contribution in [2.75, 3.05) is 26.2 Å². The molecule has 2 nitrogen and oxygen atoms in total. The lowest BCUT2D eigenvalue weighted by molar-refractivity contribution is -0.929. The van der Waals surface area contributed by atoms with Gasteiger partial charge in [0.05, 0.1) is 26.2 Å². The molecule has 0 radical (unpaired) electrons. The summed E-state index contributed by atoms with van der Waals surface area (Å²) >= 11 is 0. The summed E-state index contributed by atoms with van der Waals surface area (Å²) in [5.41, 5.74) is 0. The molecule has 2 N–H and O–H groups in total. The quantitative estimate of drug-likeness (QED) is 0.478. The maximum absolute atomic E-state index is 2.33. The zero-order valence-corrected chi connectivity index (χ0v) is 15.4. The zero-order valence-electron chi connectivity index (χ0n) is 13.8. The molecule has 0 fully saturated rings. The van der Waals surface area contributed by atoms with Crippen molar-refractivity contribution in [2.45, 2.75) is 79.1 Å². The number of hydrogen-bond acceptors (Lipinski definition) is 0. The van der Waals surface area contributed by atoms with E-state index in [0.717, 1.165) is 0 Å². The van der Waals surface area contributed by atoms with Crippen LogP contribution >= 0.6 is 0 Å². The van der Waals surface area contributed by atoms with E-state index in [0.29, 0.717) is 0 Å². The van der Waals surface area contributed by atoms with Crippen molar-refractivity contribution in [3.05, 3.63) is 0 Å². The molecule has 0 aliphatic rings. The van der Waals surface area contributed by atoms with Crippen molar-refractivity contribution in [1.29, 1.82) is 0 Å². The lowest BCUT2D eigenvalue weighted by atomic mass is 10.1. The molecule has 19 heavy (non-hydrogen) atoms. The van der Waals surface area contributed by atoms with Gasteiger partial charge in [0.15, 0.2) is 0 Å². The van der Waals surface area contributed by atoms with Gasteiger partial charge < -0.3 is 26.9 Å². The summed E-state index contributed by atoms with van der Waals surface area (Å²) in [7, 11) is 0. The predicted molar refractivity (Wildman–Crippen MR) is 83.0 cm³/mol. The Labute approximate surface area is 132 Å². The highest BCUT2D eigenvalue weighted by molar-refractivity contribution is 4.49. The number of halogens is 1. The average molecular weight is 340 g/mol. The van der Waals surface area contributed by atoms with Gasteiger partial charge in [-0.1, -0.05) is 53.4 Å². The molecule has 0 aromatic rings. The van der Waals surface area contributed by atoms with Gasteiger partial charge in [-0.05, 0) is 25.7 Å². The third-order valence-electron chi connectivity index (χ3n) is 3.94. The number of rotatable bonds is 12. The van der Waals surface area contributed by atoms with Crippen molar-refractivity contribution in [3.8, 4) is 0 Å². The third kappa shape index (κ3) is 11.9. The molecule has 0 unspecified atom stereocenters. The Morgan fingerprint density at radius 3 is 0.895 bits per heavy atom. The number of nitrogens with zero attached hydrogens (tertiary/aromatic N) is 1. The molecule has 0 bridgehead atoms. The summed E-state index contributed by atoms with van der Waals surface area (Å²) in [4.78, 5) is 0. The molecule has 0 saturated heterocycles. The molecule has 0 atom stereocenters. The van der Waals surface area contributed by atoms with Crippen molar-refractivity contribution in [1.82, 2.24) is 0 Å². The summed E-state index contributed by atoms with van der Waals surface area (Å²) in [6, 6.07) is 0. The van der Waals surface area contributed by atoms with Gasteiger partial charge in [0.25, 0.3) is 0 Å². The molecule has 3 heteroatoms. The summed E-state index contributed by atoms with van der Waals surface area (Å²) < 4.78 is 1.42. The fourth-order valence-corrected chi connectivity index (χ4v) is 2.64. The van der Waals surface area contributed by atoms with E-state index in [4.69, 9.17) is 0 Å². The fourth-order valence-electron chi connectivity index (χ4n) is 2.64. The van der Waals surface area contributed by atoms with E-state index < -0.39 is 0 Å². The largest absolute Gasteiger partial charge is 1.00 e. The highest BCUT2D eigenvalue weighted by Crippen LogP contribution is 2.16. The minimum atomic E-state index is 0. The van der Waals surface area contributed by atoms with Gasteiger partial charge in [-0.3, -0.25) is 0 Å². The van der Waals surface area contributed by atoms with Crippen molar-refractivity contribution in [3.63, 3.8) is 0 Å². The molecule has 0 heterocycles. The van der Waals surface area contributed by atoms with Gasteiger partial charge in [-0.2, -0.15) is 0 Å². The maximum atomic E-state index is 2.33. The SMILES string of the molecule is CCCC[N+](CCCC)(CCCC)CCCC.O.[Br-]. The van der Waals surface area contributed by atoms with E-state index in [-0.39, 0.29) is 22.5 Å². The molecule has 0 aliphatic heterocycles. The molecule has 120 valence electrons. The maximum Gasteiger partial charge on any atom is 0.0786 e. The second kappa shape index (κ2) is 16.5. The summed E-state index contributed by atoms with van der Waals surface area (Å²) in [5, 5.41) is 0. The Hall–Kier alpha value is 0.400. The number of quaternary nitrogens is 1. The van der Waals surface area contributed by atoms with Gasteiger partial charge in [-0.15, -0.1) is 0 Å². The predicted octanol–water partition coefficient (Wildman–Crippen LogP) is 1.18. The molecule has 0 rings (SSSR count). The second-order valence-corrected chi connectivity index (χ2v) is 5.65. The minimum absolute atomic E-state index is 0. The van der Waals surface area contributed by atoms with Gasteiger partial charge in [0.1, 0.15) is 0 Å². The number of unbranched alkanes of at least 4 members (excludes halogenated alkanes) is 4. The Morgan fingerprint density at radius 1 is 0.526 bits per heavy atom. The highest BCUT2D eigenvalue weighted by Gasteiger charge is 2.24. The average Bonchev–Trinajstić information content (AvgIpc) is 2.37. The van der Waals surface area contributed by atoms with Crippen LogP contribution in [0.4, 0.5) is 0 Å². The molecule has 0 spiro atoms. The van der Waals surface area contributed by atoms with Crippen LogP contribution < -0.4 is 17.0 Å². The zero-order chi connectivity index (χ0) is 13.0. The van der Waals surface area contributed by atoms with Gasteiger partial charge in [0, 0.05) is 0 Å². The van der Waals surface area contributed by atoms with Crippen LogP contribution in [0.5, 0.6) is 0 Å². The Bertz CT molecular complexity index is 127. The Morgan fingerprint density at radius 2 is 0.737 bits per heavy atom. The van der Waals surface area contributed by atoms with Crippen LogP contribution in [0.25, 0.3) is 0 Å². The van der Waals surface area contributed by atoms with Crippen molar-refractivity contribution >= 4 is 0 Å². The molecular formula is C16H38BrNO. The van der Waals surface area contributed by atoms with Crippen LogP contribution in [-0.4, -0.2) is 36.1 Å². The summed E-state index contributed by atoms with van der Waals surface area (Å²) in [6.07, 6.45) is 11.1. The monoisotopic (exact) mass is 339 g/mol. The van der Waals surface area contributed by atoms with Gasteiger partial charge in [0.2, 0.25) is 0 Å². The summed E-state index contributed by atoms with van der Waals surface area (Å²) in [6.45, 7) is 15.0. The third-order valence-corrected chi connectivity index (χ3v) is 3.94. The summed E-state index contributed by atoms with van der Waals surface area (Å²) in [5.74, 6) is 0. The smallest absolute Gasteiger partial charge is 0.0786 e. The molecule has 0 saturated carbocycles. The first kappa shape index (κ1) is 24.4. The van der Waals surface area contributed by atoms with Crippen molar-refractivity contribution < 1.29 is 26.9 Å². The molecular weight excluding hydrogens is 302 g/mol. The first-order valence-corrected chi connectivity index (χ1v) is 8.09. The van der Waals surface area contributed by atoms with E-state index in [1.807, 2.05) is 0 Å². The Balaban J connectivity index is -0.00000128. The topological polar surface area (TPSA) is 31.5 Å². The lowest BCUT2D eigenvalue weighted by Crippen LogP contribution is -3.00. The van der Waals surface area contributed by atoms with Crippen LogP contribution in [0.15, 0.2) is 0 Å². The van der Waals surface area contributed by atoms with Crippen LogP contribution in [0.3, 0.4) is 0 Å².